The molecule has 1 amide bonds. The summed E-state index contributed by atoms with van der Waals surface area (Å²) in [6.07, 6.45) is 9.71. The number of likely N-dealkylation sites (N-methyl/N-ethyl adjacent to an activating group) is 1. The standard InChI is InChI=1S/C25H40N2O4/c1-4-6-7-8-9-13-16-23(31-25(29)26-19-20-27(3)5-2)17-18-24(28)30-21-22-14-11-10-12-15-22/h10-12,14-15,17-18,23H,4-9,13,16,19-21H2,1-3H3,(H,26,29). The number of carbonyl (C=O) groups is 2. The second-order valence-electron chi connectivity index (χ2n) is 7.78. The average Bonchev–Trinajstić information content (AvgIpc) is 2.78. The lowest BCUT2D eigenvalue weighted by Crippen LogP contribution is -2.34. The fourth-order valence-corrected chi connectivity index (χ4v) is 2.97. The van der Waals surface area contributed by atoms with E-state index in [4.69, 9.17) is 9.47 Å². The highest BCUT2D eigenvalue weighted by atomic mass is 16.6. The molecule has 0 saturated carbocycles. The molecule has 31 heavy (non-hydrogen) atoms. The third-order valence-corrected chi connectivity index (χ3v) is 5.07. The van der Waals surface area contributed by atoms with Crippen LogP contribution in [0.15, 0.2) is 42.5 Å². The maximum absolute atomic E-state index is 12.2. The van der Waals surface area contributed by atoms with Crippen LogP contribution in [0, 0.1) is 0 Å². The first-order valence-corrected chi connectivity index (χ1v) is 11.6. The van der Waals surface area contributed by atoms with Crippen LogP contribution >= 0.6 is 0 Å². The monoisotopic (exact) mass is 432 g/mol. The van der Waals surface area contributed by atoms with Crippen molar-refractivity contribution in [3.8, 4) is 0 Å². The summed E-state index contributed by atoms with van der Waals surface area (Å²) in [5.74, 6) is -0.439. The van der Waals surface area contributed by atoms with Gasteiger partial charge < -0.3 is 19.7 Å². The van der Waals surface area contributed by atoms with Gasteiger partial charge in [-0.1, -0.05) is 76.3 Å². The Morgan fingerprint density at radius 2 is 1.77 bits per heavy atom. The van der Waals surface area contributed by atoms with Crippen molar-refractivity contribution < 1.29 is 19.1 Å². The number of amides is 1. The summed E-state index contributed by atoms with van der Waals surface area (Å²) in [6.45, 7) is 6.69. The van der Waals surface area contributed by atoms with Crippen LogP contribution in [0.4, 0.5) is 4.79 Å². The Balaban J connectivity index is 2.48. The van der Waals surface area contributed by atoms with E-state index in [9.17, 15) is 9.59 Å². The van der Waals surface area contributed by atoms with Crippen molar-refractivity contribution in [1.29, 1.82) is 0 Å². The molecule has 1 aromatic rings. The molecule has 1 rings (SSSR count). The summed E-state index contributed by atoms with van der Waals surface area (Å²) in [7, 11) is 2.00. The number of alkyl carbamates (subject to hydrolysis) is 1. The van der Waals surface area contributed by atoms with Crippen molar-refractivity contribution in [1.82, 2.24) is 10.2 Å². The molecular formula is C25H40N2O4. The summed E-state index contributed by atoms with van der Waals surface area (Å²) in [4.78, 5) is 26.3. The van der Waals surface area contributed by atoms with Crippen LogP contribution in [0.25, 0.3) is 0 Å². The third-order valence-electron chi connectivity index (χ3n) is 5.07. The van der Waals surface area contributed by atoms with Crippen molar-refractivity contribution in [3.05, 3.63) is 48.0 Å². The second-order valence-corrected chi connectivity index (χ2v) is 7.78. The fourth-order valence-electron chi connectivity index (χ4n) is 2.97. The molecule has 0 aromatic heterocycles. The van der Waals surface area contributed by atoms with Gasteiger partial charge in [0.15, 0.2) is 0 Å². The number of benzene rings is 1. The normalized spacial score (nSPS) is 12.1. The molecule has 6 heteroatoms. The molecule has 0 aliphatic heterocycles. The van der Waals surface area contributed by atoms with Crippen LogP contribution in [0.2, 0.25) is 0 Å². The molecule has 0 spiro atoms. The third kappa shape index (κ3) is 14.3. The van der Waals surface area contributed by atoms with E-state index in [0.29, 0.717) is 13.0 Å². The average molecular weight is 433 g/mol. The molecule has 0 aliphatic rings. The minimum Gasteiger partial charge on any atom is -0.458 e. The van der Waals surface area contributed by atoms with Gasteiger partial charge in [-0.15, -0.1) is 0 Å². The van der Waals surface area contributed by atoms with Gasteiger partial charge in [-0.25, -0.2) is 9.59 Å². The lowest BCUT2D eigenvalue weighted by atomic mass is 10.1. The number of carbonyl (C=O) groups excluding carboxylic acids is 2. The van der Waals surface area contributed by atoms with Crippen molar-refractivity contribution >= 4 is 12.1 Å². The zero-order chi connectivity index (χ0) is 22.7. The van der Waals surface area contributed by atoms with Gasteiger partial charge in [0, 0.05) is 19.2 Å². The Labute approximate surface area is 188 Å². The minimum absolute atomic E-state index is 0.221. The Hall–Kier alpha value is -2.34. The lowest BCUT2D eigenvalue weighted by Gasteiger charge is -2.17. The number of unbranched alkanes of at least 4 members (excludes halogenated alkanes) is 5. The number of ether oxygens (including phenoxy) is 2. The number of hydrogen-bond donors (Lipinski definition) is 1. The van der Waals surface area contributed by atoms with Gasteiger partial charge in [0.2, 0.25) is 0 Å². The largest absolute Gasteiger partial charge is 0.458 e. The van der Waals surface area contributed by atoms with Crippen LogP contribution in [0.3, 0.4) is 0 Å². The van der Waals surface area contributed by atoms with E-state index in [1.165, 1.54) is 31.8 Å². The highest BCUT2D eigenvalue weighted by molar-refractivity contribution is 5.82. The van der Waals surface area contributed by atoms with Crippen LogP contribution in [0.1, 0.15) is 64.4 Å². The molecule has 1 aromatic carbocycles. The van der Waals surface area contributed by atoms with Gasteiger partial charge >= 0.3 is 12.1 Å². The number of hydrogen-bond acceptors (Lipinski definition) is 5. The van der Waals surface area contributed by atoms with Gasteiger partial charge in [0.05, 0.1) is 0 Å². The number of nitrogens with one attached hydrogen (secondary N) is 1. The Bertz CT molecular complexity index is 634. The first-order valence-electron chi connectivity index (χ1n) is 11.6. The van der Waals surface area contributed by atoms with Crippen LogP contribution < -0.4 is 5.32 Å². The van der Waals surface area contributed by atoms with E-state index in [-0.39, 0.29) is 6.61 Å². The molecule has 0 saturated heterocycles. The van der Waals surface area contributed by atoms with Crippen LogP contribution in [-0.2, 0) is 20.9 Å². The van der Waals surface area contributed by atoms with E-state index >= 15 is 0 Å². The zero-order valence-corrected chi connectivity index (χ0v) is 19.5. The predicted molar refractivity (Wildman–Crippen MR) is 125 cm³/mol. The number of nitrogens with zero attached hydrogens (tertiary/aromatic N) is 1. The van der Waals surface area contributed by atoms with Gasteiger partial charge in [-0.05, 0) is 38.1 Å². The summed E-state index contributed by atoms with van der Waals surface area (Å²) in [6, 6.07) is 9.53. The van der Waals surface area contributed by atoms with E-state index in [2.05, 4.69) is 24.1 Å². The molecule has 1 atom stereocenters. The Kier molecular flexibility index (Phi) is 14.9. The van der Waals surface area contributed by atoms with E-state index in [1.807, 2.05) is 37.4 Å². The maximum Gasteiger partial charge on any atom is 0.407 e. The maximum atomic E-state index is 12.2. The molecule has 0 aliphatic carbocycles. The van der Waals surface area contributed by atoms with Crippen molar-refractivity contribution in [2.45, 2.75) is 71.5 Å². The molecule has 1 unspecified atom stereocenters. The van der Waals surface area contributed by atoms with Gasteiger partial charge in [0.1, 0.15) is 12.7 Å². The Morgan fingerprint density at radius 3 is 2.48 bits per heavy atom. The van der Waals surface area contributed by atoms with Crippen molar-refractivity contribution in [2.75, 3.05) is 26.7 Å². The minimum atomic E-state index is -0.456. The lowest BCUT2D eigenvalue weighted by molar-refractivity contribution is -0.139. The molecule has 0 fully saturated rings. The SMILES string of the molecule is CCCCCCCCC(C=CC(=O)OCc1ccccc1)OC(=O)NCCN(C)CC. The molecule has 1 N–H and O–H groups in total. The zero-order valence-electron chi connectivity index (χ0n) is 19.5. The molecule has 6 nitrogen and oxygen atoms in total. The predicted octanol–water partition coefficient (Wildman–Crippen LogP) is 5.08. The highest BCUT2D eigenvalue weighted by Crippen LogP contribution is 2.12. The van der Waals surface area contributed by atoms with E-state index in [0.717, 1.165) is 31.5 Å². The topological polar surface area (TPSA) is 67.9 Å². The highest BCUT2D eigenvalue weighted by Gasteiger charge is 2.12. The first-order chi connectivity index (χ1) is 15.0. The van der Waals surface area contributed by atoms with Gasteiger partial charge in [0.25, 0.3) is 0 Å². The molecular weight excluding hydrogens is 392 g/mol. The second kappa shape index (κ2) is 17.4. The Morgan fingerprint density at radius 1 is 1.06 bits per heavy atom. The summed E-state index contributed by atoms with van der Waals surface area (Å²) < 4.78 is 10.8. The van der Waals surface area contributed by atoms with Crippen molar-refractivity contribution in [3.63, 3.8) is 0 Å². The van der Waals surface area contributed by atoms with Crippen LogP contribution in [0.5, 0.6) is 0 Å². The molecule has 0 heterocycles. The summed E-state index contributed by atoms with van der Waals surface area (Å²) in [5.41, 5.74) is 0.931. The number of esters is 1. The van der Waals surface area contributed by atoms with Crippen LogP contribution in [-0.4, -0.2) is 49.7 Å². The van der Waals surface area contributed by atoms with Crippen molar-refractivity contribution in [2.24, 2.45) is 0 Å². The fraction of sp³-hybridized carbons (Fsp3) is 0.600. The first kappa shape index (κ1) is 26.7. The summed E-state index contributed by atoms with van der Waals surface area (Å²) >= 11 is 0. The quantitative estimate of drug-likeness (QED) is 0.224. The van der Waals surface area contributed by atoms with Gasteiger partial charge in [-0.2, -0.15) is 0 Å². The molecule has 0 radical (unpaired) electrons. The number of rotatable bonds is 16. The molecule has 174 valence electrons. The van der Waals surface area contributed by atoms with E-state index in [1.54, 1.807) is 6.08 Å². The van der Waals surface area contributed by atoms with E-state index < -0.39 is 18.2 Å². The smallest absolute Gasteiger partial charge is 0.407 e. The summed E-state index contributed by atoms with van der Waals surface area (Å²) in [5, 5.41) is 2.78. The molecule has 0 bridgehead atoms. The van der Waals surface area contributed by atoms with Gasteiger partial charge in [-0.3, -0.25) is 0 Å².